The van der Waals surface area contributed by atoms with Gasteiger partial charge in [-0.15, -0.1) is 0 Å². The molecule has 2 saturated heterocycles. The Hall–Kier alpha value is -1.14. The van der Waals surface area contributed by atoms with Gasteiger partial charge >= 0.3 is 7.12 Å². The van der Waals surface area contributed by atoms with Crippen LogP contribution in [0, 0.1) is 0 Å². The van der Waals surface area contributed by atoms with E-state index in [9.17, 15) is 0 Å². The van der Waals surface area contributed by atoms with Crippen LogP contribution in [0.25, 0.3) is 6.08 Å². The van der Waals surface area contributed by atoms with E-state index in [0.29, 0.717) is 0 Å². The third-order valence-electron chi connectivity index (χ3n) is 5.52. The van der Waals surface area contributed by atoms with E-state index >= 15 is 0 Å². The van der Waals surface area contributed by atoms with Gasteiger partial charge in [-0.1, -0.05) is 36.3 Å². The number of nitrogens with zero attached hydrogens (tertiary/aromatic N) is 1. The molecule has 0 aliphatic carbocycles. The zero-order valence-corrected chi connectivity index (χ0v) is 16.0. The molecule has 2 aliphatic heterocycles. The van der Waals surface area contributed by atoms with Crippen molar-refractivity contribution in [2.45, 2.75) is 45.3 Å². The summed E-state index contributed by atoms with van der Waals surface area (Å²) in [6.07, 6.45) is 3.16. The number of ether oxygens (including phenoxy) is 1. The lowest BCUT2D eigenvalue weighted by Gasteiger charge is -2.32. The quantitative estimate of drug-likeness (QED) is 0.769. The lowest BCUT2D eigenvalue weighted by molar-refractivity contribution is 0.00578. The Morgan fingerprint density at radius 1 is 1.00 bits per heavy atom. The van der Waals surface area contributed by atoms with E-state index in [1.807, 2.05) is 5.98 Å². The van der Waals surface area contributed by atoms with Crippen LogP contribution in [0.4, 0.5) is 0 Å². The first kappa shape index (κ1) is 18.6. The molecule has 0 amide bonds. The topological polar surface area (TPSA) is 30.9 Å². The molecule has 0 radical (unpaired) electrons. The van der Waals surface area contributed by atoms with E-state index in [2.05, 4.69) is 62.9 Å². The molecule has 0 saturated carbocycles. The van der Waals surface area contributed by atoms with Gasteiger partial charge in [0.05, 0.1) is 24.4 Å². The van der Waals surface area contributed by atoms with Crippen LogP contribution in [0.2, 0.25) is 0 Å². The summed E-state index contributed by atoms with van der Waals surface area (Å²) < 4.78 is 17.4. The van der Waals surface area contributed by atoms with Crippen molar-refractivity contribution in [3.63, 3.8) is 0 Å². The second kappa shape index (κ2) is 7.62. The van der Waals surface area contributed by atoms with Crippen LogP contribution in [-0.2, 0) is 20.5 Å². The van der Waals surface area contributed by atoms with Gasteiger partial charge in [-0.25, -0.2) is 0 Å². The lowest BCUT2D eigenvalue weighted by atomic mass is 9.89. The molecule has 3 rings (SSSR count). The molecular weight excluding hydrogens is 313 g/mol. The minimum Gasteiger partial charge on any atom is -0.400 e. The van der Waals surface area contributed by atoms with Crippen molar-refractivity contribution < 1.29 is 14.0 Å². The van der Waals surface area contributed by atoms with Gasteiger partial charge < -0.3 is 14.0 Å². The first-order valence-corrected chi connectivity index (χ1v) is 9.29. The Morgan fingerprint density at radius 3 is 2.20 bits per heavy atom. The molecule has 2 heterocycles. The van der Waals surface area contributed by atoms with Crippen molar-refractivity contribution in [1.29, 1.82) is 0 Å². The predicted molar refractivity (Wildman–Crippen MR) is 103 cm³/mol. The minimum atomic E-state index is -0.286. The van der Waals surface area contributed by atoms with E-state index in [1.165, 1.54) is 11.1 Å². The molecule has 0 bridgehead atoms. The lowest BCUT2D eigenvalue weighted by Crippen LogP contribution is -2.41. The fourth-order valence-corrected chi connectivity index (χ4v) is 3.06. The van der Waals surface area contributed by atoms with E-state index in [1.54, 1.807) is 0 Å². The maximum Gasteiger partial charge on any atom is 0.487 e. The van der Waals surface area contributed by atoms with Crippen LogP contribution >= 0.6 is 0 Å². The van der Waals surface area contributed by atoms with Gasteiger partial charge in [0.1, 0.15) is 0 Å². The molecule has 2 aliphatic rings. The zero-order valence-electron chi connectivity index (χ0n) is 16.0. The number of morpholine rings is 1. The number of hydrogen-bond donors (Lipinski definition) is 0. The summed E-state index contributed by atoms with van der Waals surface area (Å²) in [6, 6.07) is 8.75. The molecule has 136 valence electrons. The fraction of sp³-hybridized carbons (Fsp3) is 0.600. The smallest absolute Gasteiger partial charge is 0.400 e. The highest BCUT2D eigenvalue weighted by Gasteiger charge is 2.49. The third-order valence-corrected chi connectivity index (χ3v) is 5.52. The summed E-state index contributed by atoms with van der Waals surface area (Å²) in [5.74, 6) is 2.00. The molecule has 1 aromatic rings. The predicted octanol–water partition coefficient (Wildman–Crippen LogP) is 3.21. The van der Waals surface area contributed by atoms with Gasteiger partial charge in [0.2, 0.25) is 0 Å². The highest BCUT2D eigenvalue weighted by molar-refractivity contribution is 6.52. The first-order chi connectivity index (χ1) is 11.9. The molecule has 25 heavy (non-hydrogen) atoms. The van der Waals surface area contributed by atoms with E-state index in [4.69, 9.17) is 14.0 Å². The van der Waals surface area contributed by atoms with Crippen LogP contribution in [-0.4, -0.2) is 56.1 Å². The average Bonchev–Trinajstić information content (AvgIpc) is 2.80. The Labute approximate surface area is 152 Å². The van der Waals surface area contributed by atoms with Gasteiger partial charge in [0.15, 0.2) is 0 Å². The van der Waals surface area contributed by atoms with Crippen LogP contribution in [0.5, 0.6) is 0 Å². The summed E-state index contributed by atoms with van der Waals surface area (Å²) in [6.45, 7) is 13.2. The van der Waals surface area contributed by atoms with Crippen LogP contribution in [0.15, 0.2) is 30.2 Å². The second-order valence-corrected chi connectivity index (χ2v) is 7.93. The molecule has 0 atom stereocenters. The fourth-order valence-electron chi connectivity index (χ4n) is 3.06. The molecule has 5 heteroatoms. The highest BCUT2D eigenvalue weighted by Crippen LogP contribution is 2.37. The van der Waals surface area contributed by atoms with Gasteiger partial charge in [0.25, 0.3) is 0 Å². The Balaban J connectivity index is 1.51. The molecular formula is C20H30BNO3. The average molecular weight is 343 g/mol. The van der Waals surface area contributed by atoms with Crippen molar-refractivity contribution in [3.05, 3.63) is 41.4 Å². The van der Waals surface area contributed by atoms with Gasteiger partial charge in [0, 0.05) is 19.6 Å². The SMILES string of the molecule is CC1(C)OB(C=Cc2ccc(CCN3CCOCC3)cc2)OC1(C)C. The van der Waals surface area contributed by atoms with Crippen LogP contribution in [0.3, 0.4) is 0 Å². The van der Waals surface area contributed by atoms with E-state index < -0.39 is 0 Å². The summed E-state index contributed by atoms with van der Waals surface area (Å²) in [5, 5.41) is 0. The maximum atomic E-state index is 5.99. The summed E-state index contributed by atoms with van der Waals surface area (Å²) in [5.41, 5.74) is 1.97. The van der Waals surface area contributed by atoms with Crippen LogP contribution < -0.4 is 0 Å². The third kappa shape index (κ3) is 4.73. The Morgan fingerprint density at radius 2 is 1.60 bits per heavy atom. The van der Waals surface area contributed by atoms with Gasteiger partial charge in [-0.3, -0.25) is 4.90 Å². The molecule has 4 nitrogen and oxygen atoms in total. The highest BCUT2D eigenvalue weighted by atomic mass is 16.7. The maximum absolute atomic E-state index is 5.99. The molecule has 0 N–H and O–H groups in total. The van der Waals surface area contributed by atoms with Crippen molar-refractivity contribution in [1.82, 2.24) is 4.90 Å². The molecule has 2 fully saturated rings. The van der Waals surface area contributed by atoms with E-state index in [0.717, 1.165) is 39.3 Å². The molecule has 0 spiro atoms. The van der Waals surface area contributed by atoms with Crippen molar-refractivity contribution in [3.8, 4) is 0 Å². The summed E-state index contributed by atoms with van der Waals surface area (Å²) >= 11 is 0. The largest absolute Gasteiger partial charge is 0.487 e. The van der Waals surface area contributed by atoms with Crippen molar-refractivity contribution in [2.24, 2.45) is 0 Å². The minimum absolute atomic E-state index is 0.286. The van der Waals surface area contributed by atoms with E-state index in [-0.39, 0.29) is 18.3 Å². The van der Waals surface area contributed by atoms with Gasteiger partial charge in [-0.2, -0.15) is 0 Å². The number of hydrogen-bond acceptors (Lipinski definition) is 4. The monoisotopic (exact) mass is 343 g/mol. The summed E-state index contributed by atoms with van der Waals surface area (Å²) in [4.78, 5) is 2.47. The second-order valence-electron chi connectivity index (χ2n) is 7.93. The van der Waals surface area contributed by atoms with Crippen molar-refractivity contribution in [2.75, 3.05) is 32.8 Å². The Bertz CT molecular complexity index is 575. The number of rotatable bonds is 5. The number of benzene rings is 1. The molecule has 0 unspecified atom stereocenters. The first-order valence-electron chi connectivity index (χ1n) is 9.29. The normalized spacial score (nSPS) is 23.4. The van der Waals surface area contributed by atoms with Gasteiger partial charge in [-0.05, 0) is 45.2 Å². The van der Waals surface area contributed by atoms with Crippen molar-refractivity contribution >= 4 is 13.2 Å². The van der Waals surface area contributed by atoms with Crippen LogP contribution in [0.1, 0.15) is 38.8 Å². The molecule has 0 aromatic heterocycles. The Kier molecular flexibility index (Phi) is 5.69. The summed E-state index contributed by atoms with van der Waals surface area (Å²) in [7, 11) is -0.286. The zero-order chi connectivity index (χ0) is 17.9. The standard InChI is InChI=1S/C20H30BNO3/c1-19(2)20(3,4)25-21(24-19)11-9-17-5-7-18(8-6-17)10-12-22-13-15-23-16-14-22/h5-9,11H,10,12-16H2,1-4H3. The molecule has 1 aromatic carbocycles.